The molecular formula is C21H27NS. The number of thioether (sulfide) groups is 1. The van der Waals surface area contributed by atoms with Gasteiger partial charge in [0.1, 0.15) is 0 Å². The summed E-state index contributed by atoms with van der Waals surface area (Å²) >= 11 is 1.81. The predicted octanol–water partition coefficient (Wildman–Crippen LogP) is 6.38. The summed E-state index contributed by atoms with van der Waals surface area (Å²) in [4.78, 5) is 4.67. The van der Waals surface area contributed by atoms with Gasteiger partial charge in [-0.15, -0.1) is 0 Å². The van der Waals surface area contributed by atoms with Crippen LogP contribution in [0, 0.1) is 12.8 Å². The van der Waals surface area contributed by atoms with Crippen LogP contribution in [0.25, 0.3) is 11.1 Å². The monoisotopic (exact) mass is 325 g/mol. The molecular weight excluding hydrogens is 298 g/mol. The van der Waals surface area contributed by atoms with Crippen molar-refractivity contribution in [2.24, 2.45) is 5.92 Å². The Hall–Kier alpha value is -1.67. The largest absolute Gasteiger partial charge is 0.378 e. The van der Waals surface area contributed by atoms with Crippen molar-refractivity contribution in [2.45, 2.75) is 32.1 Å². The van der Waals surface area contributed by atoms with Crippen LogP contribution in [-0.4, -0.2) is 14.1 Å². The third-order valence-corrected chi connectivity index (χ3v) is 4.91. The van der Waals surface area contributed by atoms with Gasteiger partial charge in [0.05, 0.1) is 0 Å². The summed E-state index contributed by atoms with van der Waals surface area (Å²) in [6, 6.07) is 15.4. The Morgan fingerprint density at radius 3 is 2.22 bits per heavy atom. The Morgan fingerprint density at radius 2 is 1.65 bits per heavy atom. The molecule has 0 unspecified atom stereocenters. The predicted molar refractivity (Wildman–Crippen MR) is 105 cm³/mol. The first-order chi connectivity index (χ1) is 10.9. The van der Waals surface area contributed by atoms with E-state index in [1.807, 2.05) is 11.8 Å². The van der Waals surface area contributed by atoms with E-state index in [4.69, 9.17) is 0 Å². The van der Waals surface area contributed by atoms with Crippen molar-refractivity contribution < 1.29 is 0 Å². The van der Waals surface area contributed by atoms with Gasteiger partial charge >= 0.3 is 0 Å². The van der Waals surface area contributed by atoms with Gasteiger partial charge in [0.25, 0.3) is 0 Å². The SMILES string of the molecule is C=C(CC(C)C)Sc1cc(-c2ccc(N(C)C)cc2)ccc1C. The average Bonchev–Trinajstić information content (AvgIpc) is 2.49. The lowest BCUT2D eigenvalue weighted by Gasteiger charge is -2.14. The maximum absolute atomic E-state index is 4.22. The molecule has 2 rings (SSSR count). The van der Waals surface area contributed by atoms with E-state index in [1.165, 1.54) is 32.2 Å². The third-order valence-electron chi connectivity index (χ3n) is 3.80. The van der Waals surface area contributed by atoms with Crippen molar-refractivity contribution in [3.8, 4) is 11.1 Å². The highest BCUT2D eigenvalue weighted by atomic mass is 32.2. The van der Waals surface area contributed by atoms with Crippen LogP contribution in [0.3, 0.4) is 0 Å². The van der Waals surface area contributed by atoms with Gasteiger partial charge in [-0.25, -0.2) is 0 Å². The first-order valence-corrected chi connectivity index (χ1v) is 8.92. The second-order valence-electron chi connectivity index (χ2n) is 6.66. The fourth-order valence-corrected chi connectivity index (χ4v) is 3.64. The minimum atomic E-state index is 0.650. The Kier molecular flexibility index (Phi) is 5.95. The fraction of sp³-hybridized carbons (Fsp3) is 0.333. The number of hydrogen-bond acceptors (Lipinski definition) is 2. The van der Waals surface area contributed by atoms with Crippen molar-refractivity contribution in [1.82, 2.24) is 0 Å². The molecule has 0 aliphatic heterocycles. The maximum atomic E-state index is 4.22. The van der Waals surface area contributed by atoms with Crippen molar-refractivity contribution in [3.05, 3.63) is 59.5 Å². The molecule has 0 saturated heterocycles. The number of rotatable bonds is 6. The van der Waals surface area contributed by atoms with Gasteiger partial charge in [-0.2, -0.15) is 0 Å². The molecule has 0 aliphatic rings. The number of aryl methyl sites for hydroxylation is 1. The van der Waals surface area contributed by atoms with Gasteiger partial charge in [-0.1, -0.05) is 56.5 Å². The van der Waals surface area contributed by atoms with Gasteiger partial charge in [-0.3, -0.25) is 0 Å². The second-order valence-corrected chi connectivity index (χ2v) is 7.88. The Balaban J connectivity index is 2.24. The average molecular weight is 326 g/mol. The molecule has 0 N–H and O–H groups in total. The van der Waals surface area contributed by atoms with E-state index in [0.29, 0.717) is 5.92 Å². The van der Waals surface area contributed by atoms with E-state index in [1.54, 1.807) is 0 Å². The quantitative estimate of drug-likeness (QED) is 0.567. The zero-order chi connectivity index (χ0) is 17.0. The van der Waals surface area contributed by atoms with Crippen LogP contribution in [0.5, 0.6) is 0 Å². The number of benzene rings is 2. The lowest BCUT2D eigenvalue weighted by molar-refractivity contribution is 0.659. The molecule has 2 heteroatoms. The summed E-state index contributed by atoms with van der Waals surface area (Å²) in [5.41, 5.74) is 5.06. The van der Waals surface area contributed by atoms with Crippen LogP contribution in [0.15, 0.2) is 58.8 Å². The van der Waals surface area contributed by atoms with Gasteiger partial charge in [0.15, 0.2) is 0 Å². The molecule has 0 amide bonds. The highest BCUT2D eigenvalue weighted by Crippen LogP contribution is 2.35. The molecule has 0 heterocycles. The molecule has 2 aromatic carbocycles. The van der Waals surface area contributed by atoms with Gasteiger partial charge < -0.3 is 4.90 Å². The lowest BCUT2D eigenvalue weighted by atomic mass is 10.0. The van der Waals surface area contributed by atoms with Gasteiger partial charge in [-0.05, 0) is 59.1 Å². The molecule has 0 fully saturated rings. The zero-order valence-corrected chi connectivity index (χ0v) is 15.7. The van der Waals surface area contributed by atoms with Gasteiger partial charge in [0.2, 0.25) is 0 Å². The van der Waals surface area contributed by atoms with Crippen LogP contribution in [0.1, 0.15) is 25.8 Å². The molecule has 0 aliphatic carbocycles. The van der Waals surface area contributed by atoms with Crippen molar-refractivity contribution in [2.75, 3.05) is 19.0 Å². The molecule has 1 nitrogen and oxygen atoms in total. The van der Waals surface area contributed by atoms with Crippen molar-refractivity contribution in [3.63, 3.8) is 0 Å². The van der Waals surface area contributed by atoms with E-state index in [0.717, 1.165) is 6.42 Å². The fourth-order valence-electron chi connectivity index (χ4n) is 2.49. The highest BCUT2D eigenvalue weighted by Gasteiger charge is 2.07. The Morgan fingerprint density at radius 1 is 1.04 bits per heavy atom. The van der Waals surface area contributed by atoms with Crippen LogP contribution in [0.2, 0.25) is 0 Å². The summed E-state index contributed by atoms with van der Waals surface area (Å²) in [6.45, 7) is 10.9. The normalized spacial score (nSPS) is 10.9. The lowest BCUT2D eigenvalue weighted by Crippen LogP contribution is -2.07. The third kappa shape index (κ3) is 4.90. The van der Waals surface area contributed by atoms with E-state index >= 15 is 0 Å². The summed E-state index contributed by atoms with van der Waals surface area (Å²) in [5, 5.41) is 0. The topological polar surface area (TPSA) is 3.24 Å². The Labute approximate surface area is 145 Å². The number of nitrogens with zero attached hydrogens (tertiary/aromatic N) is 1. The minimum absolute atomic E-state index is 0.650. The number of allylic oxidation sites excluding steroid dienone is 1. The van der Waals surface area contributed by atoms with E-state index in [9.17, 15) is 0 Å². The smallest absolute Gasteiger partial charge is 0.0361 e. The van der Waals surface area contributed by atoms with Crippen LogP contribution < -0.4 is 4.90 Å². The number of hydrogen-bond donors (Lipinski definition) is 0. The summed E-state index contributed by atoms with van der Waals surface area (Å²) < 4.78 is 0. The minimum Gasteiger partial charge on any atom is -0.378 e. The van der Waals surface area contributed by atoms with Gasteiger partial charge in [0, 0.05) is 24.7 Å². The zero-order valence-electron chi connectivity index (χ0n) is 14.9. The molecule has 0 spiro atoms. The van der Waals surface area contributed by atoms with Crippen molar-refractivity contribution >= 4 is 17.4 Å². The second kappa shape index (κ2) is 7.74. The summed E-state index contributed by atoms with van der Waals surface area (Å²) in [7, 11) is 4.13. The molecule has 0 bridgehead atoms. The van der Waals surface area contributed by atoms with Crippen LogP contribution >= 0.6 is 11.8 Å². The molecule has 0 atom stereocenters. The van der Waals surface area contributed by atoms with Crippen LogP contribution in [-0.2, 0) is 0 Å². The van der Waals surface area contributed by atoms with Crippen LogP contribution in [0.4, 0.5) is 5.69 Å². The summed E-state index contributed by atoms with van der Waals surface area (Å²) in [6.07, 6.45) is 1.06. The van der Waals surface area contributed by atoms with E-state index in [-0.39, 0.29) is 0 Å². The first-order valence-electron chi connectivity index (χ1n) is 8.11. The first kappa shape index (κ1) is 17.7. The molecule has 0 saturated carbocycles. The Bertz CT molecular complexity index is 669. The van der Waals surface area contributed by atoms with E-state index < -0.39 is 0 Å². The molecule has 0 aromatic heterocycles. The molecule has 2 aromatic rings. The van der Waals surface area contributed by atoms with E-state index in [2.05, 4.69) is 88.8 Å². The standard InChI is InChI=1S/C21H27NS/c1-15(2)13-17(4)23-21-14-19(8-7-16(21)3)18-9-11-20(12-10-18)22(5)6/h7-12,14-15H,4,13H2,1-3,5-6H3. The highest BCUT2D eigenvalue weighted by molar-refractivity contribution is 8.03. The number of anilines is 1. The molecule has 23 heavy (non-hydrogen) atoms. The van der Waals surface area contributed by atoms with Crippen molar-refractivity contribution in [1.29, 1.82) is 0 Å². The molecule has 122 valence electrons. The summed E-state index contributed by atoms with van der Waals surface area (Å²) in [5.74, 6) is 0.650. The maximum Gasteiger partial charge on any atom is 0.0361 e. The molecule has 0 radical (unpaired) electrons.